The molecule has 2 atom stereocenters. The third kappa shape index (κ3) is 6.84. The van der Waals surface area contributed by atoms with Crippen LogP contribution in [0.4, 0.5) is 0 Å². The molecule has 2 heterocycles. The van der Waals surface area contributed by atoms with E-state index in [0.29, 0.717) is 49.5 Å². The number of nitrogens with zero attached hydrogens (tertiary/aromatic N) is 3. The van der Waals surface area contributed by atoms with E-state index in [-0.39, 0.29) is 6.10 Å². The van der Waals surface area contributed by atoms with Crippen LogP contribution in [0.15, 0.2) is 54.6 Å². The van der Waals surface area contributed by atoms with Crippen molar-refractivity contribution in [3.63, 3.8) is 0 Å². The second kappa shape index (κ2) is 12.5. The first-order chi connectivity index (χ1) is 17.0. The SMILES string of the molecule is CCOC[C@H](O)CN(Cc1c(-c2ccccc2)nn(C)c1Oc1ccccc1Cl)C[C@H]1CCCO1. The largest absolute Gasteiger partial charge is 0.437 e. The lowest BCUT2D eigenvalue weighted by Gasteiger charge is -2.27. The molecule has 1 N–H and O–H groups in total. The topological polar surface area (TPSA) is 69.0 Å². The zero-order chi connectivity index (χ0) is 24.6. The van der Waals surface area contributed by atoms with Crippen molar-refractivity contribution in [1.29, 1.82) is 0 Å². The van der Waals surface area contributed by atoms with Gasteiger partial charge in [0, 0.05) is 45.5 Å². The fourth-order valence-corrected chi connectivity index (χ4v) is 4.56. The summed E-state index contributed by atoms with van der Waals surface area (Å²) in [6.07, 6.45) is 1.60. The van der Waals surface area contributed by atoms with Crippen molar-refractivity contribution in [3.8, 4) is 22.9 Å². The van der Waals surface area contributed by atoms with Gasteiger partial charge in [-0.25, -0.2) is 4.68 Å². The van der Waals surface area contributed by atoms with E-state index in [9.17, 15) is 5.11 Å². The molecule has 3 aromatic rings. The quantitative estimate of drug-likeness (QED) is 0.382. The first kappa shape index (κ1) is 25.7. The Morgan fingerprint density at radius 3 is 2.69 bits per heavy atom. The summed E-state index contributed by atoms with van der Waals surface area (Å²) >= 11 is 6.41. The Morgan fingerprint density at radius 2 is 1.97 bits per heavy atom. The van der Waals surface area contributed by atoms with Crippen molar-refractivity contribution in [2.75, 3.05) is 32.9 Å². The Morgan fingerprint density at radius 1 is 1.20 bits per heavy atom. The van der Waals surface area contributed by atoms with Crippen LogP contribution in [0.25, 0.3) is 11.3 Å². The zero-order valence-corrected chi connectivity index (χ0v) is 21.2. The molecule has 0 saturated carbocycles. The minimum atomic E-state index is -0.610. The van der Waals surface area contributed by atoms with Crippen LogP contribution < -0.4 is 4.74 Å². The highest BCUT2D eigenvalue weighted by Gasteiger charge is 2.26. The molecule has 188 valence electrons. The lowest BCUT2D eigenvalue weighted by atomic mass is 10.1. The molecule has 1 saturated heterocycles. The molecule has 4 rings (SSSR count). The lowest BCUT2D eigenvalue weighted by Crippen LogP contribution is -2.39. The van der Waals surface area contributed by atoms with Gasteiger partial charge in [-0.05, 0) is 31.9 Å². The maximum atomic E-state index is 10.7. The number of aliphatic hydroxyl groups is 1. The smallest absolute Gasteiger partial charge is 0.222 e. The van der Waals surface area contributed by atoms with Crippen molar-refractivity contribution in [3.05, 3.63) is 65.2 Å². The summed E-state index contributed by atoms with van der Waals surface area (Å²) < 4.78 is 19.5. The molecular formula is C27H34ClN3O4. The third-order valence-electron chi connectivity index (χ3n) is 6.03. The number of rotatable bonds is 12. The fraction of sp³-hybridized carbons (Fsp3) is 0.444. The van der Waals surface area contributed by atoms with Crippen molar-refractivity contribution in [2.45, 2.75) is 38.5 Å². The van der Waals surface area contributed by atoms with E-state index >= 15 is 0 Å². The molecule has 1 aromatic heterocycles. The van der Waals surface area contributed by atoms with Crippen LogP contribution in [0.3, 0.4) is 0 Å². The van der Waals surface area contributed by atoms with Gasteiger partial charge < -0.3 is 19.3 Å². The Hall–Kier alpha value is -2.42. The minimum absolute atomic E-state index is 0.138. The second-order valence-corrected chi connectivity index (χ2v) is 9.20. The maximum absolute atomic E-state index is 10.7. The van der Waals surface area contributed by atoms with Gasteiger partial charge in [0.25, 0.3) is 0 Å². The van der Waals surface area contributed by atoms with Crippen molar-refractivity contribution in [1.82, 2.24) is 14.7 Å². The Kier molecular flexibility index (Phi) is 9.18. The molecule has 0 unspecified atom stereocenters. The lowest BCUT2D eigenvalue weighted by molar-refractivity contribution is 0.00505. The average molecular weight is 500 g/mol. The van der Waals surface area contributed by atoms with E-state index in [0.717, 1.165) is 36.3 Å². The third-order valence-corrected chi connectivity index (χ3v) is 6.34. The Balaban J connectivity index is 1.68. The number of hydrogen-bond donors (Lipinski definition) is 1. The van der Waals surface area contributed by atoms with Crippen LogP contribution in [0.5, 0.6) is 11.6 Å². The van der Waals surface area contributed by atoms with Crippen molar-refractivity contribution < 1.29 is 19.3 Å². The zero-order valence-electron chi connectivity index (χ0n) is 20.4. The second-order valence-electron chi connectivity index (χ2n) is 8.80. The van der Waals surface area contributed by atoms with Gasteiger partial charge in [0.1, 0.15) is 11.4 Å². The number of aliphatic hydroxyl groups excluding tert-OH is 1. The van der Waals surface area contributed by atoms with Gasteiger partial charge in [-0.1, -0.05) is 54.1 Å². The van der Waals surface area contributed by atoms with Crippen LogP contribution in [0.1, 0.15) is 25.3 Å². The van der Waals surface area contributed by atoms with E-state index in [4.69, 9.17) is 30.9 Å². The highest BCUT2D eigenvalue weighted by molar-refractivity contribution is 6.32. The highest BCUT2D eigenvalue weighted by Crippen LogP contribution is 2.36. The van der Waals surface area contributed by atoms with E-state index < -0.39 is 6.10 Å². The van der Waals surface area contributed by atoms with Crippen LogP contribution in [-0.2, 0) is 23.1 Å². The van der Waals surface area contributed by atoms with E-state index in [1.165, 1.54) is 0 Å². The van der Waals surface area contributed by atoms with Crippen molar-refractivity contribution >= 4 is 11.6 Å². The summed E-state index contributed by atoms with van der Waals surface area (Å²) in [5, 5.41) is 16.0. The summed E-state index contributed by atoms with van der Waals surface area (Å²) in [5.74, 6) is 1.19. The summed E-state index contributed by atoms with van der Waals surface area (Å²) in [5.41, 5.74) is 2.77. The van der Waals surface area contributed by atoms with E-state index in [1.54, 1.807) is 10.7 Å². The van der Waals surface area contributed by atoms with Gasteiger partial charge in [0.2, 0.25) is 5.88 Å². The molecule has 8 heteroatoms. The van der Waals surface area contributed by atoms with Crippen LogP contribution in [-0.4, -0.2) is 64.9 Å². The first-order valence-electron chi connectivity index (χ1n) is 12.2. The van der Waals surface area contributed by atoms with Crippen LogP contribution >= 0.6 is 11.6 Å². The fourth-order valence-electron chi connectivity index (χ4n) is 4.39. The number of aromatic nitrogens is 2. The van der Waals surface area contributed by atoms with E-state index in [2.05, 4.69) is 4.90 Å². The molecular weight excluding hydrogens is 466 g/mol. The molecule has 2 aromatic carbocycles. The number of aryl methyl sites for hydroxylation is 1. The Labute approximate surface area is 212 Å². The standard InChI is InChI=1S/C27H34ClN3O4/c1-3-33-19-21(32)16-31(17-22-12-9-15-34-22)18-23-26(20-10-5-4-6-11-20)29-30(2)27(23)35-25-14-8-7-13-24(25)28/h4-8,10-11,13-14,21-22,32H,3,9,12,15-19H2,1-2H3/t21-,22-/m1/s1. The molecule has 0 bridgehead atoms. The van der Waals surface area contributed by atoms with Gasteiger partial charge in [0.05, 0.1) is 29.4 Å². The van der Waals surface area contributed by atoms with Gasteiger partial charge in [0.15, 0.2) is 0 Å². The predicted octanol–water partition coefficient (Wildman–Crippen LogP) is 4.91. The van der Waals surface area contributed by atoms with Gasteiger partial charge in [-0.2, -0.15) is 5.10 Å². The van der Waals surface area contributed by atoms with Crippen LogP contribution in [0, 0.1) is 0 Å². The molecule has 35 heavy (non-hydrogen) atoms. The number of halogens is 1. The number of benzene rings is 2. The summed E-state index contributed by atoms with van der Waals surface area (Å²) in [7, 11) is 1.87. The number of hydrogen-bond acceptors (Lipinski definition) is 6. The van der Waals surface area contributed by atoms with E-state index in [1.807, 2.05) is 62.5 Å². The Bertz CT molecular complexity index is 1070. The van der Waals surface area contributed by atoms with Gasteiger partial charge in [-0.15, -0.1) is 0 Å². The molecule has 7 nitrogen and oxygen atoms in total. The molecule has 0 radical (unpaired) electrons. The summed E-state index contributed by atoms with van der Waals surface area (Å²) in [6, 6.07) is 17.5. The highest BCUT2D eigenvalue weighted by atomic mass is 35.5. The molecule has 0 amide bonds. The number of ether oxygens (including phenoxy) is 3. The van der Waals surface area contributed by atoms with Gasteiger partial charge >= 0.3 is 0 Å². The number of para-hydroxylation sites is 1. The molecule has 1 aliphatic rings. The predicted molar refractivity (Wildman–Crippen MR) is 137 cm³/mol. The molecule has 0 spiro atoms. The van der Waals surface area contributed by atoms with Crippen molar-refractivity contribution in [2.24, 2.45) is 7.05 Å². The minimum Gasteiger partial charge on any atom is -0.437 e. The molecule has 0 aliphatic carbocycles. The molecule has 1 fully saturated rings. The summed E-state index contributed by atoms with van der Waals surface area (Å²) in [4.78, 5) is 2.21. The monoisotopic (exact) mass is 499 g/mol. The van der Waals surface area contributed by atoms with Crippen LogP contribution in [0.2, 0.25) is 5.02 Å². The van der Waals surface area contributed by atoms with Gasteiger partial charge in [-0.3, -0.25) is 4.90 Å². The summed E-state index contributed by atoms with van der Waals surface area (Å²) in [6.45, 7) is 5.26. The first-order valence-corrected chi connectivity index (χ1v) is 12.6. The average Bonchev–Trinajstić information content (AvgIpc) is 3.48. The maximum Gasteiger partial charge on any atom is 0.222 e. The molecule has 1 aliphatic heterocycles. The normalized spacial score (nSPS) is 16.7.